The summed E-state index contributed by atoms with van der Waals surface area (Å²) in [5.41, 5.74) is 5.59. The number of rotatable bonds is 3. The smallest absolute Gasteiger partial charge is 0.241 e. The second-order valence-electron chi connectivity index (χ2n) is 3.80. The van der Waals surface area contributed by atoms with Crippen LogP contribution in [-0.2, 0) is 4.79 Å². The van der Waals surface area contributed by atoms with E-state index in [9.17, 15) is 4.79 Å². The van der Waals surface area contributed by atoms with Crippen LogP contribution in [0.25, 0.3) is 0 Å². The van der Waals surface area contributed by atoms with Gasteiger partial charge in [0.2, 0.25) is 5.91 Å². The molecule has 0 aromatic carbocycles. The predicted molar refractivity (Wildman–Crippen MR) is 56.8 cm³/mol. The summed E-state index contributed by atoms with van der Waals surface area (Å²) in [6.07, 6.45) is 1.75. The molecule has 80 valence electrons. The average molecular weight is 197 g/mol. The Labute approximate surface area is 85.3 Å². The van der Waals surface area contributed by atoms with E-state index in [1.807, 2.05) is 16.8 Å². The topological polar surface area (TPSA) is 49.6 Å². The van der Waals surface area contributed by atoms with Crippen LogP contribution in [0.5, 0.6) is 0 Å². The Morgan fingerprint density at radius 1 is 1.71 bits per heavy atom. The monoisotopic (exact) mass is 197 g/mol. The van der Waals surface area contributed by atoms with Crippen LogP contribution in [0.3, 0.4) is 0 Å². The Morgan fingerprint density at radius 3 is 2.86 bits per heavy atom. The first-order valence-corrected chi connectivity index (χ1v) is 4.93. The number of nitrogens with zero attached hydrogens (tertiary/aromatic N) is 2. The fourth-order valence-corrected chi connectivity index (χ4v) is 1.82. The molecule has 4 heteroatoms. The highest BCUT2D eigenvalue weighted by molar-refractivity contribution is 5.83. The largest absolute Gasteiger partial charge is 0.336 e. The summed E-state index contributed by atoms with van der Waals surface area (Å²) in [6, 6.07) is 0.194. The molecular formula is C10H19N3O. The molecule has 4 nitrogen and oxygen atoms in total. The van der Waals surface area contributed by atoms with Crippen LogP contribution in [0.1, 0.15) is 6.92 Å². The van der Waals surface area contributed by atoms with E-state index in [0.29, 0.717) is 19.1 Å². The van der Waals surface area contributed by atoms with Crippen LogP contribution in [0.2, 0.25) is 0 Å². The van der Waals surface area contributed by atoms with Gasteiger partial charge in [-0.15, -0.1) is 6.58 Å². The lowest BCUT2D eigenvalue weighted by atomic mass is 10.1. The molecule has 0 aliphatic carbocycles. The molecule has 1 rings (SSSR count). The number of nitrogens with two attached hydrogens (primary N) is 1. The molecule has 2 atom stereocenters. The molecular weight excluding hydrogens is 178 g/mol. The van der Waals surface area contributed by atoms with E-state index < -0.39 is 0 Å². The van der Waals surface area contributed by atoms with Crippen molar-refractivity contribution in [1.82, 2.24) is 9.80 Å². The first-order valence-electron chi connectivity index (χ1n) is 4.93. The van der Waals surface area contributed by atoms with Crippen molar-refractivity contribution in [1.29, 1.82) is 0 Å². The minimum absolute atomic E-state index is 0.119. The fourth-order valence-electron chi connectivity index (χ4n) is 1.82. The molecule has 2 unspecified atom stereocenters. The van der Waals surface area contributed by atoms with E-state index in [1.54, 1.807) is 6.08 Å². The molecule has 1 fully saturated rings. The molecule has 14 heavy (non-hydrogen) atoms. The zero-order valence-corrected chi connectivity index (χ0v) is 8.94. The van der Waals surface area contributed by atoms with Gasteiger partial charge in [-0.1, -0.05) is 6.08 Å². The van der Waals surface area contributed by atoms with Crippen molar-refractivity contribution in [3.8, 4) is 0 Å². The SMILES string of the molecule is C=CCN1CC(C)N(C)C(CN)C1=O. The van der Waals surface area contributed by atoms with Gasteiger partial charge in [-0.3, -0.25) is 9.69 Å². The van der Waals surface area contributed by atoms with Crippen molar-refractivity contribution in [2.24, 2.45) is 5.73 Å². The fraction of sp³-hybridized carbons (Fsp3) is 0.700. The standard InChI is InChI=1S/C10H19N3O/c1-4-5-13-7-8(2)12(3)9(6-11)10(13)14/h4,8-9H,1,5-7,11H2,2-3H3. The van der Waals surface area contributed by atoms with Crippen molar-refractivity contribution in [3.63, 3.8) is 0 Å². The predicted octanol–water partition coefficient (Wildman–Crippen LogP) is -0.338. The Hall–Kier alpha value is -0.870. The molecule has 1 aliphatic rings. The van der Waals surface area contributed by atoms with E-state index >= 15 is 0 Å². The quantitative estimate of drug-likeness (QED) is 0.630. The Bertz CT molecular complexity index is 229. The second-order valence-corrected chi connectivity index (χ2v) is 3.80. The maximum Gasteiger partial charge on any atom is 0.241 e. The number of amides is 1. The highest BCUT2D eigenvalue weighted by atomic mass is 16.2. The van der Waals surface area contributed by atoms with Crippen molar-refractivity contribution in [2.45, 2.75) is 19.0 Å². The molecule has 0 aromatic heterocycles. The van der Waals surface area contributed by atoms with Crippen LogP contribution >= 0.6 is 0 Å². The molecule has 1 aliphatic heterocycles. The molecule has 2 N–H and O–H groups in total. The summed E-state index contributed by atoms with van der Waals surface area (Å²) < 4.78 is 0. The van der Waals surface area contributed by atoms with Gasteiger partial charge in [0, 0.05) is 25.7 Å². The first kappa shape index (κ1) is 11.2. The van der Waals surface area contributed by atoms with E-state index in [0.717, 1.165) is 6.54 Å². The Balaban J connectivity index is 2.75. The maximum absolute atomic E-state index is 11.9. The van der Waals surface area contributed by atoms with Gasteiger partial charge in [0.05, 0.1) is 0 Å². The molecule has 0 spiro atoms. The summed E-state index contributed by atoms with van der Waals surface area (Å²) in [7, 11) is 1.95. The van der Waals surface area contributed by atoms with Gasteiger partial charge in [-0.2, -0.15) is 0 Å². The maximum atomic E-state index is 11.9. The third-order valence-corrected chi connectivity index (χ3v) is 2.84. The van der Waals surface area contributed by atoms with Crippen molar-refractivity contribution < 1.29 is 4.79 Å². The molecule has 0 radical (unpaired) electrons. The molecule has 0 saturated carbocycles. The molecule has 0 aromatic rings. The number of carbonyl (C=O) groups is 1. The van der Waals surface area contributed by atoms with Crippen molar-refractivity contribution in [3.05, 3.63) is 12.7 Å². The number of carbonyl (C=O) groups excluding carboxylic acids is 1. The molecule has 1 heterocycles. The second kappa shape index (κ2) is 4.57. The van der Waals surface area contributed by atoms with Gasteiger partial charge in [-0.25, -0.2) is 0 Å². The third kappa shape index (κ3) is 1.96. The lowest BCUT2D eigenvalue weighted by molar-refractivity contribution is -0.142. The minimum atomic E-state index is -0.168. The van der Waals surface area contributed by atoms with Gasteiger partial charge in [0.1, 0.15) is 6.04 Å². The van der Waals surface area contributed by atoms with Crippen LogP contribution in [-0.4, -0.2) is 54.5 Å². The molecule has 1 amide bonds. The van der Waals surface area contributed by atoms with E-state index in [-0.39, 0.29) is 11.9 Å². The van der Waals surface area contributed by atoms with E-state index in [1.165, 1.54) is 0 Å². The zero-order chi connectivity index (χ0) is 10.7. The van der Waals surface area contributed by atoms with Crippen LogP contribution in [0.4, 0.5) is 0 Å². The minimum Gasteiger partial charge on any atom is -0.336 e. The zero-order valence-electron chi connectivity index (χ0n) is 8.94. The van der Waals surface area contributed by atoms with Gasteiger partial charge >= 0.3 is 0 Å². The Kier molecular flexibility index (Phi) is 3.66. The number of piperazine rings is 1. The normalized spacial score (nSPS) is 29.4. The van der Waals surface area contributed by atoms with Crippen LogP contribution < -0.4 is 5.73 Å². The lowest BCUT2D eigenvalue weighted by Gasteiger charge is -2.42. The van der Waals surface area contributed by atoms with Crippen molar-refractivity contribution >= 4 is 5.91 Å². The number of hydrogen-bond acceptors (Lipinski definition) is 3. The van der Waals surface area contributed by atoms with E-state index in [4.69, 9.17) is 5.73 Å². The van der Waals surface area contributed by atoms with E-state index in [2.05, 4.69) is 13.5 Å². The summed E-state index contributed by atoms with van der Waals surface area (Å²) in [5, 5.41) is 0. The van der Waals surface area contributed by atoms with Gasteiger partial charge in [0.15, 0.2) is 0 Å². The third-order valence-electron chi connectivity index (χ3n) is 2.84. The van der Waals surface area contributed by atoms with Crippen LogP contribution in [0, 0.1) is 0 Å². The van der Waals surface area contributed by atoms with Gasteiger partial charge in [-0.05, 0) is 14.0 Å². The number of hydrogen-bond donors (Lipinski definition) is 1. The highest BCUT2D eigenvalue weighted by Crippen LogP contribution is 2.14. The van der Waals surface area contributed by atoms with Gasteiger partial charge in [0.25, 0.3) is 0 Å². The molecule has 0 bridgehead atoms. The lowest BCUT2D eigenvalue weighted by Crippen LogP contribution is -2.61. The molecule has 1 saturated heterocycles. The van der Waals surface area contributed by atoms with Gasteiger partial charge < -0.3 is 10.6 Å². The summed E-state index contributed by atoms with van der Waals surface area (Å²) in [5.74, 6) is 0.119. The number of likely N-dealkylation sites (N-methyl/N-ethyl adjacent to an activating group) is 1. The van der Waals surface area contributed by atoms with Crippen molar-refractivity contribution in [2.75, 3.05) is 26.7 Å². The highest BCUT2D eigenvalue weighted by Gasteiger charge is 2.34. The summed E-state index contributed by atoms with van der Waals surface area (Å²) in [4.78, 5) is 15.7. The average Bonchev–Trinajstić information content (AvgIpc) is 2.16. The van der Waals surface area contributed by atoms with Crippen LogP contribution in [0.15, 0.2) is 12.7 Å². The summed E-state index contributed by atoms with van der Waals surface area (Å²) >= 11 is 0. The first-order chi connectivity index (χ1) is 6.61. The summed E-state index contributed by atoms with van der Waals surface area (Å²) in [6.45, 7) is 7.51. The Morgan fingerprint density at radius 2 is 2.36 bits per heavy atom.